The molecule has 0 amide bonds. The van der Waals surface area contributed by atoms with E-state index in [1.54, 1.807) is 12.1 Å². The van der Waals surface area contributed by atoms with Gasteiger partial charge in [0.1, 0.15) is 0 Å². The molecule has 0 saturated heterocycles. The highest BCUT2D eigenvalue weighted by Crippen LogP contribution is 2.43. The van der Waals surface area contributed by atoms with Gasteiger partial charge in [0, 0.05) is 0 Å². The van der Waals surface area contributed by atoms with Crippen molar-refractivity contribution in [2.24, 2.45) is 17.8 Å². The van der Waals surface area contributed by atoms with Gasteiger partial charge in [-0.05, 0) is 49.7 Å². The van der Waals surface area contributed by atoms with Crippen molar-refractivity contribution >= 4 is 10.1 Å². The fourth-order valence-electron chi connectivity index (χ4n) is 3.74. The Morgan fingerprint density at radius 3 is 2.11 bits per heavy atom. The van der Waals surface area contributed by atoms with E-state index in [1.807, 2.05) is 6.92 Å². The zero-order valence-electron chi connectivity index (χ0n) is 16.4. The predicted molar refractivity (Wildman–Crippen MR) is 106 cm³/mol. The maximum absolute atomic E-state index is 12.0. The maximum Gasteiger partial charge on any atom is 0.297 e. The van der Waals surface area contributed by atoms with Crippen LogP contribution in [-0.2, 0) is 28.5 Å². The summed E-state index contributed by atoms with van der Waals surface area (Å²) >= 11 is 0. The Bertz CT molecular complexity index is 728. The Hall–Kier alpha value is -1.25. The van der Waals surface area contributed by atoms with Crippen molar-refractivity contribution in [2.45, 2.75) is 24.7 Å². The van der Waals surface area contributed by atoms with Crippen LogP contribution in [-0.4, -0.2) is 54.7 Å². The van der Waals surface area contributed by atoms with Crippen molar-refractivity contribution in [3.8, 4) is 0 Å². The number of rotatable bonds is 13. The first-order valence-corrected chi connectivity index (χ1v) is 11.3. The van der Waals surface area contributed by atoms with Gasteiger partial charge in [0.15, 0.2) is 0 Å². The highest BCUT2D eigenvalue weighted by molar-refractivity contribution is 7.86. The molecule has 156 valence electrons. The van der Waals surface area contributed by atoms with Crippen molar-refractivity contribution in [3.63, 3.8) is 0 Å². The van der Waals surface area contributed by atoms with Crippen molar-refractivity contribution in [1.29, 1.82) is 0 Å². The molecule has 2 aliphatic rings. The van der Waals surface area contributed by atoms with Gasteiger partial charge in [-0.2, -0.15) is 8.42 Å². The van der Waals surface area contributed by atoms with E-state index in [-0.39, 0.29) is 18.1 Å². The molecule has 2 aliphatic carbocycles. The number of hydrogen-bond donors (Lipinski definition) is 0. The lowest BCUT2D eigenvalue weighted by Crippen LogP contribution is -2.17. The molecule has 0 aliphatic heterocycles. The summed E-state index contributed by atoms with van der Waals surface area (Å²) < 4.78 is 45.5. The van der Waals surface area contributed by atoms with Crippen molar-refractivity contribution in [2.75, 3.05) is 46.2 Å². The van der Waals surface area contributed by atoms with Gasteiger partial charge >= 0.3 is 0 Å². The monoisotopic (exact) mass is 410 g/mol. The third-order valence-electron chi connectivity index (χ3n) is 5.27. The summed E-state index contributed by atoms with van der Waals surface area (Å²) in [6, 6.07) is 6.55. The molecule has 0 aromatic heterocycles. The SMILES string of the molecule is Cc1ccc(S(=O)(=O)OCCOCCOCCOC[C@H]2C[C@H]3C=C[C@@H]2C3)cc1. The number of allylic oxidation sites excluding steroid dienone is 2. The van der Waals surface area contributed by atoms with Crippen LogP contribution < -0.4 is 0 Å². The summed E-state index contributed by atoms with van der Waals surface area (Å²) in [5, 5.41) is 0. The zero-order chi connectivity index (χ0) is 19.8. The van der Waals surface area contributed by atoms with Crippen LogP contribution in [0.5, 0.6) is 0 Å². The molecule has 0 N–H and O–H groups in total. The summed E-state index contributed by atoms with van der Waals surface area (Å²) in [6.07, 6.45) is 7.24. The average molecular weight is 411 g/mol. The lowest BCUT2D eigenvalue weighted by molar-refractivity contribution is 0.00177. The standard InChI is InChI=1S/C21H30O6S/c1-17-2-6-21(7-3-17)28(22,23)27-13-12-25-9-8-24-10-11-26-16-20-15-18-4-5-19(20)14-18/h2-7,18-20H,8-16H2,1H3/t18-,19+,20+/m0/s1. The second-order valence-corrected chi connectivity index (χ2v) is 9.04. The van der Waals surface area contributed by atoms with Crippen LogP contribution in [0.3, 0.4) is 0 Å². The quantitative estimate of drug-likeness (QED) is 0.283. The first kappa shape index (κ1) is 21.5. The minimum Gasteiger partial charge on any atom is -0.379 e. The van der Waals surface area contributed by atoms with E-state index >= 15 is 0 Å². The molecule has 28 heavy (non-hydrogen) atoms. The molecule has 1 aromatic carbocycles. The van der Waals surface area contributed by atoms with E-state index in [9.17, 15) is 8.42 Å². The maximum atomic E-state index is 12.0. The van der Waals surface area contributed by atoms with Gasteiger partial charge in [0.25, 0.3) is 10.1 Å². The zero-order valence-corrected chi connectivity index (χ0v) is 17.2. The summed E-state index contributed by atoms with van der Waals surface area (Å²) in [5.41, 5.74) is 0.996. The van der Waals surface area contributed by atoms with Crippen LogP contribution in [0.15, 0.2) is 41.3 Å². The fraction of sp³-hybridized carbons (Fsp3) is 0.619. The molecule has 3 atom stereocenters. The van der Waals surface area contributed by atoms with Crippen LogP contribution in [0.2, 0.25) is 0 Å². The summed E-state index contributed by atoms with van der Waals surface area (Å²) in [4.78, 5) is 0.155. The number of benzene rings is 1. The highest BCUT2D eigenvalue weighted by atomic mass is 32.2. The van der Waals surface area contributed by atoms with Crippen LogP contribution in [0, 0.1) is 24.7 Å². The van der Waals surface area contributed by atoms with Gasteiger partial charge in [-0.25, -0.2) is 0 Å². The molecule has 7 heteroatoms. The van der Waals surface area contributed by atoms with E-state index < -0.39 is 10.1 Å². The second kappa shape index (κ2) is 10.5. The van der Waals surface area contributed by atoms with E-state index in [0.717, 1.165) is 24.0 Å². The van der Waals surface area contributed by atoms with Gasteiger partial charge in [0.05, 0.1) is 51.1 Å². The van der Waals surface area contributed by atoms with E-state index in [2.05, 4.69) is 12.2 Å². The first-order chi connectivity index (χ1) is 13.5. The molecule has 0 unspecified atom stereocenters. The van der Waals surface area contributed by atoms with Crippen LogP contribution in [0.1, 0.15) is 18.4 Å². The molecular weight excluding hydrogens is 380 g/mol. The summed E-state index contributed by atoms with van der Waals surface area (Å²) in [7, 11) is -3.73. The van der Waals surface area contributed by atoms with Crippen molar-refractivity contribution in [3.05, 3.63) is 42.0 Å². The predicted octanol–water partition coefficient (Wildman–Crippen LogP) is 2.96. The molecule has 6 nitrogen and oxygen atoms in total. The lowest BCUT2D eigenvalue weighted by Gasteiger charge is -2.17. The normalized spacial score (nSPS) is 23.5. The molecule has 3 rings (SSSR count). The number of ether oxygens (including phenoxy) is 3. The summed E-state index contributed by atoms with van der Waals surface area (Å²) in [6.45, 7) is 4.87. The van der Waals surface area contributed by atoms with Gasteiger partial charge < -0.3 is 14.2 Å². The van der Waals surface area contributed by atoms with Crippen LogP contribution in [0.25, 0.3) is 0 Å². The third kappa shape index (κ3) is 6.39. The minimum atomic E-state index is -3.73. The Kier molecular flexibility index (Phi) is 8.05. The number of aryl methyl sites for hydroxylation is 1. The van der Waals surface area contributed by atoms with Crippen LogP contribution >= 0.6 is 0 Å². The number of fused-ring (bicyclic) bond motifs is 2. The Morgan fingerprint density at radius 2 is 1.50 bits per heavy atom. The average Bonchev–Trinajstić information content (AvgIpc) is 3.29. The Labute approximate surface area is 167 Å². The second-order valence-electron chi connectivity index (χ2n) is 7.43. The molecule has 1 aromatic rings. The topological polar surface area (TPSA) is 71.1 Å². The first-order valence-electron chi connectivity index (χ1n) is 9.92. The Morgan fingerprint density at radius 1 is 0.857 bits per heavy atom. The molecule has 1 fully saturated rings. The largest absolute Gasteiger partial charge is 0.379 e. The van der Waals surface area contributed by atoms with Crippen LogP contribution in [0.4, 0.5) is 0 Å². The van der Waals surface area contributed by atoms with E-state index in [1.165, 1.54) is 25.0 Å². The molecule has 0 heterocycles. The fourth-order valence-corrected chi connectivity index (χ4v) is 4.63. The van der Waals surface area contributed by atoms with Gasteiger partial charge in [-0.15, -0.1) is 0 Å². The van der Waals surface area contributed by atoms with E-state index in [4.69, 9.17) is 18.4 Å². The Balaban J connectivity index is 1.14. The van der Waals surface area contributed by atoms with E-state index in [0.29, 0.717) is 32.3 Å². The van der Waals surface area contributed by atoms with Gasteiger partial charge in [-0.1, -0.05) is 29.8 Å². The van der Waals surface area contributed by atoms with Gasteiger partial charge in [0.2, 0.25) is 0 Å². The molecule has 0 spiro atoms. The summed E-state index contributed by atoms with van der Waals surface area (Å²) in [5.74, 6) is 2.17. The molecular formula is C21H30O6S. The lowest BCUT2D eigenvalue weighted by atomic mass is 9.95. The molecule has 0 radical (unpaired) electrons. The third-order valence-corrected chi connectivity index (χ3v) is 6.59. The molecule has 2 bridgehead atoms. The minimum absolute atomic E-state index is 0.0166. The highest BCUT2D eigenvalue weighted by Gasteiger charge is 2.35. The smallest absolute Gasteiger partial charge is 0.297 e. The van der Waals surface area contributed by atoms with Crippen molar-refractivity contribution < 1.29 is 26.8 Å². The van der Waals surface area contributed by atoms with Crippen molar-refractivity contribution in [1.82, 2.24) is 0 Å². The van der Waals surface area contributed by atoms with Gasteiger partial charge in [-0.3, -0.25) is 4.18 Å². The number of hydrogen-bond acceptors (Lipinski definition) is 6. The molecule has 1 saturated carbocycles.